The van der Waals surface area contributed by atoms with Crippen LogP contribution in [0.3, 0.4) is 0 Å². The summed E-state index contributed by atoms with van der Waals surface area (Å²) < 4.78 is 17.7. The molecule has 2 saturated heterocycles. The second-order valence-corrected chi connectivity index (χ2v) is 14.0. The third-order valence-corrected chi connectivity index (χ3v) is 10.1. The first kappa shape index (κ1) is 37.5. The van der Waals surface area contributed by atoms with Gasteiger partial charge in [-0.25, -0.2) is 4.79 Å². The molecule has 3 aliphatic rings. The SMILES string of the molecule is CCCCCC[C@@H](O)CCC[C@H](O)[C@@H]1CC[C@@H]([C@@H]2CC[C@H]([C@H](O)CCCCCCCCCCCCC3=C[C@H](C)OC3=O)O2)O1. The summed E-state index contributed by atoms with van der Waals surface area (Å²) in [6, 6.07) is 0. The molecule has 7 heteroatoms. The Hall–Kier alpha value is -0.990. The largest absolute Gasteiger partial charge is 0.455 e. The van der Waals surface area contributed by atoms with Crippen LogP contribution < -0.4 is 0 Å². The molecule has 2 fully saturated rings. The average Bonchev–Trinajstić information content (AvgIpc) is 3.76. The molecule has 0 aromatic heterocycles. The smallest absolute Gasteiger partial charge is 0.334 e. The summed E-state index contributed by atoms with van der Waals surface area (Å²) in [4.78, 5) is 11.6. The van der Waals surface area contributed by atoms with Crippen LogP contribution in [0.2, 0.25) is 0 Å². The maximum absolute atomic E-state index is 11.6. The molecule has 0 radical (unpaired) electrons. The van der Waals surface area contributed by atoms with Crippen molar-refractivity contribution in [3.05, 3.63) is 11.6 Å². The predicted octanol–water partition coefficient (Wildman–Crippen LogP) is 7.86. The Labute approximate surface area is 268 Å². The first-order valence-electron chi connectivity index (χ1n) is 18.6. The number of rotatable bonds is 25. The van der Waals surface area contributed by atoms with Crippen molar-refractivity contribution < 1.29 is 34.3 Å². The second kappa shape index (κ2) is 21.7. The highest BCUT2D eigenvalue weighted by Gasteiger charge is 2.40. The molecule has 3 N–H and O–H groups in total. The summed E-state index contributed by atoms with van der Waals surface area (Å²) in [7, 11) is 0. The summed E-state index contributed by atoms with van der Waals surface area (Å²) in [5, 5.41) is 31.6. The van der Waals surface area contributed by atoms with Gasteiger partial charge >= 0.3 is 5.97 Å². The summed E-state index contributed by atoms with van der Waals surface area (Å²) in [5.41, 5.74) is 0.863. The van der Waals surface area contributed by atoms with Crippen molar-refractivity contribution in [2.24, 2.45) is 0 Å². The van der Waals surface area contributed by atoms with E-state index in [0.717, 1.165) is 89.0 Å². The van der Waals surface area contributed by atoms with Gasteiger partial charge in [0.15, 0.2) is 0 Å². The number of esters is 1. The van der Waals surface area contributed by atoms with E-state index in [1.807, 2.05) is 13.0 Å². The van der Waals surface area contributed by atoms with Crippen LogP contribution in [-0.4, -0.2) is 70.1 Å². The minimum atomic E-state index is -0.479. The maximum Gasteiger partial charge on any atom is 0.334 e. The van der Waals surface area contributed by atoms with Gasteiger partial charge in [0.25, 0.3) is 0 Å². The molecule has 256 valence electrons. The Kier molecular flexibility index (Phi) is 18.5. The molecule has 8 atom stereocenters. The highest BCUT2D eigenvalue weighted by Crippen LogP contribution is 2.34. The molecule has 0 saturated carbocycles. The van der Waals surface area contributed by atoms with Crippen molar-refractivity contribution in [2.45, 2.75) is 217 Å². The van der Waals surface area contributed by atoms with Crippen LogP contribution in [0, 0.1) is 0 Å². The zero-order chi connectivity index (χ0) is 31.6. The first-order chi connectivity index (χ1) is 21.4. The van der Waals surface area contributed by atoms with Crippen LogP contribution in [0.4, 0.5) is 0 Å². The van der Waals surface area contributed by atoms with Crippen molar-refractivity contribution in [2.75, 3.05) is 0 Å². The summed E-state index contributed by atoms with van der Waals surface area (Å²) in [5.74, 6) is -0.123. The maximum atomic E-state index is 11.6. The van der Waals surface area contributed by atoms with E-state index >= 15 is 0 Å². The van der Waals surface area contributed by atoms with E-state index in [2.05, 4.69) is 6.92 Å². The number of aliphatic hydroxyl groups excluding tert-OH is 3. The number of hydrogen-bond acceptors (Lipinski definition) is 7. The Bertz CT molecular complexity index is 801. The van der Waals surface area contributed by atoms with Crippen molar-refractivity contribution in [3.63, 3.8) is 0 Å². The van der Waals surface area contributed by atoms with Gasteiger partial charge in [0.05, 0.1) is 42.7 Å². The Morgan fingerprint density at radius 2 is 1.14 bits per heavy atom. The quantitative estimate of drug-likeness (QED) is 0.0703. The highest BCUT2D eigenvalue weighted by atomic mass is 16.6. The van der Waals surface area contributed by atoms with E-state index in [9.17, 15) is 20.1 Å². The molecule has 3 heterocycles. The fourth-order valence-corrected chi connectivity index (χ4v) is 7.28. The highest BCUT2D eigenvalue weighted by molar-refractivity contribution is 5.90. The van der Waals surface area contributed by atoms with Gasteiger partial charge in [-0.1, -0.05) is 90.4 Å². The van der Waals surface area contributed by atoms with Crippen LogP contribution in [0.25, 0.3) is 0 Å². The molecule has 44 heavy (non-hydrogen) atoms. The molecule has 0 spiro atoms. The number of ether oxygens (including phenoxy) is 3. The predicted molar refractivity (Wildman–Crippen MR) is 175 cm³/mol. The van der Waals surface area contributed by atoms with Crippen molar-refractivity contribution in [1.82, 2.24) is 0 Å². The van der Waals surface area contributed by atoms with Crippen LogP contribution in [0.15, 0.2) is 11.6 Å². The Balaban J connectivity index is 1.13. The molecular formula is C37H66O7. The fourth-order valence-electron chi connectivity index (χ4n) is 7.28. The Morgan fingerprint density at radius 1 is 0.659 bits per heavy atom. The second-order valence-electron chi connectivity index (χ2n) is 14.0. The normalized spacial score (nSPS) is 27.4. The van der Waals surface area contributed by atoms with Crippen molar-refractivity contribution in [3.8, 4) is 0 Å². The summed E-state index contributed by atoms with van der Waals surface area (Å²) in [6.07, 6.45) is 25.7. The fraction of sp³-hybridized carbons (Fsp3) is 0.919. The number of unbranched alkanes of at least 4 members (excludes halogenated alkanes) is 12. The number of carbonyl (C=O) groups excluding carboxylic acids is 1. The molecule has 0 aliphatic carbocycles. The van der Waals surface area contributed by atoms with Gasteiger partial charge in [0, 0.05) is 5.57 Å². The number of aliphatic hydroxyl groups is 3. The standard InChI is InChI=1S/C37H66O7/c1-3-4-5-15-19-30(38)20-17-22-32(40)34-24-26-36(44-34)35-25-23-33(43-35)31(39)21-16-13-11-9-7-6-8-10-12-14-18-29-27-28(2)42-37(29)41/h27-28,30-36,38-40H,3-26H2,1-2H3/t28-,30+,31+,32-,33+,34-,35-,36-/m0/s1. The van der Waals surface area contributed by atoms with Gasteiger partial charge in [0.1, 0.15) is 6.10 Å². The zero-order valence-corrected chi connectivity index (χ0v) is 28.1. The zero-order valence-electron chi connectivity index (χ0n) is 28.1. The third-order valence-electron chi connectivity index (χ3n) is 10.1. The van der Waals surface area contributed by atoms with E-state index < -0.39 is 12.2 Å². The van der Waals surface area contributed by atoms with Crippen molar-refractivity contribution in [1.29, 1.82) is 0 Å². The molecule has 3 aliphatic heterocycles. The number of hydrogen-bond donors (Lipinski definition) is 3. The first-order valence-corrected chi connectivity index (χ1v) is 18.6. The molecule has 3 rings (SSSR count). The number of cyclic esters (lactones) is 1. The molecule has 7 nitrogen and oxygen atoms in total. The van der Waals surface area contributed by atoms with Gasteiger partial charge in [-0.05, 0) is 83.6 Å². The van der Waals surface area contributed by atoms with Crippen LogP contribution in [0.1, 0.15) is 168 Å². The topological polar surface area (TPSA) is 105 Å². The van der Waals surface area contributed by atoms with Crippen LogP contribution in [-0.2, 0) is 19.0 Å². The van der Waals surface area contributed by atoms with Crippen LogP contribution in [0.5, 0.6) is 0 Å². The minimum Gasteiger partial charge on any atom is -0.455 e. The molecule has 0 bridgehead atoms. The molecule has 0 unspecified atom stereocenters. The van der Waals surface area contributed by atoms with Crippen LogP contribution >= 0.6 is 0 Å². The minimum absolute atomic E-state index is 0.0170. The van der Waals surface area contributed by atoms with E-state index in [0.29, 0.717) is 6.42 Å². The van der Waals surface area contributed by atoms with Gasteiger partial charge < -0.3 is 29.5 Å². The molecular weight excluding hydrogens is 556 g/mol. The van der Waals surface area contributed by atoms with Gasteiger partial charge in [-0.3, -0.25) is 0 Å². The summed E-state index contributed by atoms with van der Waals surface area (Å²) >= 11 is 0. The molecule has 0 aromatic carbocycles. The molecule has 0 aromatic rings. The monoisotopic (exact) mass is 622 g/mol. The van der Waals surface area contributed by atoms with E-state index in [-0.39, 0.29) is 42.6 Å². The number of carbonyl (C=O) groups is 1. The lowest BCUT2D eigenvalue weighted by atomic mass is 9.99. The average molecular weight is 623 g/mol. The lowest BCUT2D eigenvalue weighted by Gasteiger charge is -2.24. The lowest BCUT2D eigenvalue weighted by Crippen LogP contribution is -2.33. The van der Waals surface area contributed by atoms with E-state index in [1.54, 1.807) is 0 Å². The summed E-state index contributed by atoms with van der Waals surface area (Å²) in [6.45, 7) is 4.11. The molecule has 0 amide bonds. The van der Waals surface area contributed by atoms with E-state index in [4.69, 9.17) is 14.2 Å². The third kappa shape index (κ3) is 14.2. The van der Waals surface area contributed by atoms with Gasteiger partial charge in [-0.2, -0.15) is 0 Å². The van der Waals surface area contributed by atoms with Gasteiger partial charge in [0.2, 0.25) is 0 Å². The Morgan fingerprint density at radius 3 is 1.68 bits per heavy atom. The lowest BCUT2D eigenvalue weighted by molar-refractivity contribution is -0.139. The van der Waals surface area contributed by atoms with E-state index in [1.165, 1.54) is 64.2 Å². The van der Waals surface area contributed by atoms with Crippen molar-refractivity contribution >= 4 is 5.97 Å². The van der Waals surface area contributed by atoms with Gasteiger partial charge in [-0.15, -0.1) is 0 Å².